The van der Waals surface area contributed by atoms with E-state index in [1.165, 1.54) is 12.2 Å². The summed E-state index contributed by atoms with van der Waals surface area (Å²) < 4.78 is 17.9. The molecule has 0 spiro atoms. The van der Waals surface area contributed by atoms with Crippen molar-refractivity contribution in [1.29, 1.82) is 0 Å². The summed E-state index contributed by atoms with van der Waals surface area (Å²) in [6, 6.07) is 3.33. The number of hydrogen-bond donors (Lipinski definition) is 3. The molecule has 1 aromatic rings. The van der Waals surface area contributed by atoms with Gasteiger partial charge in [-0.25, -0.2) is 5.09 Å². The van der Waals surface area contributed by atoms with Crippen molar-refractivity contribution in [2.75, 3.05) is 13.3 Å². The zero-order valence-corrected chi connectivity index (χ0v) is 19.5. The number of benzene rings is 1. The molecule has 1 aromatic carbocycles. The van der Waals surface area contributed by atoms with E-state index in [1.807, 2.05) is 13.8 Å². The van der Waals surface area contributed by atoms with Crippen molar-refractivity contribution >= 4 is 13.4 Å². The van der Waals surface area contributed by atoms with Gasteiger partial charge in [-0.3, -0.25) is 9.36 Å². The number of fused-ring (bicyclic) bond motifs is 1. The second-order valence-corrected chi connectivity index (χ2v) is 11.2. The normalized spacial score (nSPS) is 18.0. The van der Waals surface area contributed by atoms with Gasteiger partial charge in [0.2, 0.25) is 5.91 Å². The van der Waals surface area contributed by atoms with Gasteiger partial charge >= 0.3 is 0 Å². The Morgan fingerprint density at radius 1 is 1.21 bits per heavy atom. The lowest BCUT2D eigenvalue weighted by Crippen LogP contribution is -2.45. The van der Waals surface area contributed by atoms with E-state index in [0.29, 0.717) is 18.9 Å². The summed E-state index contributed by atoms with van der Waals surface area (Å²) in [6.07, 6.45) is 3.23. The number of rotatable bonds is 9. The molecule has 0 fully saturated rings. The molecule has 1 aliphatic rings. The molecule has 0 saturated carbocycles. The Balaban J connectivity index is 2.34. The molecule has 1 heterocycles. The molecule has 1 unspecified atom stereocenters. The topological polar surface area (TPSA) is 87.7 Å². The molecule has 164 valence electrons. The summed E-state index contributed by atoms with van der Waals surface area (Å²) in [6.45, 7) is 12.2. The number of carbonyl (C=O) groups is 1. The zero-order chi connectivity index (χ0) is 21.8. The predicted octanol–water partition coefficient (Wildman–Crippen LogP) is 4.34. The van der Waals surface area contributed by atoms with E-state index in [2.05, 4.69) is 43.3 Å². The van der Waals surface area contributed by atoms with Crippen LogP contribution in [0.25, 0.3) is 0 Å². The van der Waals surface area contributed by atoms with Crippen LogP contribution in [0.15, 0.2) is 12.1 Å². The lowest BCUT2D eigenvalue weighted by molar-refractivity contribution is -0.124. The largest absolute Gasteiger partial charge is 0.493 e. The highest BCUT2D eigenvalue weighted by Gasteiger charge is 2.29. The summed E-state index contributed by atoms with van der Waals surface area (Å²) in [5.74, 6) is 1.23. The fourth-order valence-electron chi connectivity index (χ4n) is 3.92. The van der Waals surface area contributed by atoms with Gasteiger partial charge in [-0.1, -0.05) is 45.4 Å². The maximum Gasteiger partial charge on any atom is 0.264 e. The van der Waals surface area contributed by atoms with Crippen molar-refractivity contribution in [1.82, 2.24) is 10.4 Å². The maximum absolute atomic E-state index is 13.1. The van der Waals surface area contributed by atoms with E-state index in [9.17, 15) is 14.3 Å². The summed E-state index contributed by atoms with van der Waals surface area (Å²) >= 11 is 0. The van der Waals surface area contributed by atoms with Crippen LogP contribution in [0.2, 0.25) is 0 Å². The molecule has 7 heteroatoms. The first-order chi connectivity index (χ1) is 13.5. The Labute approximate surface area is 175 Å². The average Bonchev–Trinajstić information content (AvgIpc) is 2.57. The minimum absolute atomic E-state index is 0.208. The second kappa shape index (κ2) is 10.1. The van der Waals surface area contributed by atoms with Gasteiger partial charge in [0, 0.05) is 12.2 Å². The van der Waals surface area contributed by atoms with Crippen LogP contribution in [0.1, 0.15) is 69.7 Å². The van der Waals surface area contributed by atoms with Gasteiger partial charge in [0.25, 0.3) is 7.52 Å². The molecule has 0 aromatic heterocycles. The van der Waals surface area contributed by atoms with Crippen LogP contribution in [-0.2, 0) is 15.8 Å². The van der Waals surface area contributed by atoms with Crippen LogP contribution in [-0.4, -0.2) is 30.1 Å². The lowest BCUT2D eigenvalue weighted by Gasteiger charge is -2.30. The zero-order valence-electron chi connectivity index (χ0n) is 18.6. The molecule has 1 aliphatic heterocycles. The number of ether oxygens (including phenoxy) is 1. The highest BCUT2D eigenvalue weighted by atomic mass is 31.2. The number of aryl methyl sites for hydroxylation is 2. The van der Waals surface area contributed by atoms with Crippen LogP contribution in [0.4, 0.5) is 0 Å². The summed E-state index contributed by atoms with van der Waals surface area (Å²) in [4.78, 5) is 22.9. The van der Waals surface area contributed by atoms with Crippen molar-refractivity contribution in [2.45, 2.75) is 72.4 Å². The molecular formula is C22H37N2O4P. The van der Waals surface area contributed by atoms with Gasteiger partial charge in [0.1, 0.15) is 5.75 Å². The minimum atomic E-state index is -3.54. The smallest absolute Gasteiger partial charge is 0.264 e. The predicted molar refractivity (Wildman–Crippen MR) is 117 cm³/mol. The Hall–Kier alpha value is -1.36. The molecular weight excluding hydrogens is 387 g/mol. The van der Waals surface area contributed by atoms with Gasteiger partial charge in [0.15, 0.2) is 0 Å². The quantitative estimate of drug-likeness (QED) is 0.513. The van der Waals surface area contributed by atoms with Crippen LogP contribution >= 0.6 is 7.52 Å². The molecule has 2 rings (SSSR count). The molecule has 0 bridgehead atoms. The lowest BCUT2D eigenvalue weighted by atomic mass is 9.90. The first-order valence-electron chi connectivity index (χ1n) is 10.6. The maximum atomic E-state index is 13.1. The number of nitrogens with one attached hydrogen (secondary N) is 2. The second-order valence-electron chi connectivity index (χ2n) is 9.18. The van der Waals surface area contributed by atoms with Gasteiger partial charge in [0.05, 0.1) is 18.7 Å². The van der Waals surface area contributed by atoms with Gasteiger partial charge in [-0.15, -0.1) is 0 Å². The monoisotopic (exact) mass is 424 g/mol. The standard InChI is InChI=1S/C22H37N2O4P/c1-14(2)10-19(18-13-16(5)12-17-8-7-9-28-21(17)18)23-22(25)20(11-15(3)4)24-29(6,26)27/h12-15,19-20H,7-11H2,1-6H3,(H,23,25)(H2,24,26,27)/t19-,20-/m0/s1. The van der Waals surface area contributed by atoms with Crippen molar-refractivity contribution in [3.8, 4) is 5.75 Å². The fourth-order valence-corrected chi connectivity index (χ4v) is 4.72. The average molecular weight is 425 g/mol. The van der Waals surface area contributed by atoms with E-state index in [4.69, 9.17) is 4.74 Å². The third-order valence-electron chi connectivity index (χ3n) is 4.99. The third kappa shape index (κ3) is 7.44. The molecule has 0 aliphatic carbocycles. The number of hydrogen-bond acceptors (Lipinski definition) is 3. The molecule has 0 radical (unpaired) electrons. The van der Waals surface area contributed by atoms with Gasteiger partial charge < -0.3 is 14.9 Å². The number of carbonyl (C=O) groups excluding carboxylic acids is 1. The Bertz CT molecular complexity index is 757. The van der Waals surface area contributed by atoms with Crippen molar-refractivity contribution in [3.63, 3.8) is 0 Å². The first kappa shape index (κ1) is 23.9. The molecule has 3 atom stereocenters. The molecule has 6 nitrogen and oxygen atoms in total. The fraction of sp³-hybridized carbons (Fsp3) is 0.682. The van der Waals surface area contributed by atoms with Crippen molar-refractivity contribution < 1.29 is 19.0 Å². The van der Waals surface area contributed by atoms with E-state index >= 15 is 0 Å². The van der Waals surface area contributed by atoms with Crippen molar-refractivity contribution in [2.24, 2.45) is 11.8 Å². The van der Waals surface area contributed by atoms with E-state index in [0.717, 1.165) is 36.1 Å². The van der Waals surface area contributed by atoms with Crippen molar-refractivity contribution in [3.05, 3.63) is 28.8 Å². The molecule has 0 saturated heterocycles. The first-order valence-corrected chi connectivity index (χ1v) is 12.7. The van der Waals surface area contributed by atoms with Crippen LogP contribution < -0.4 is 15.1 Å². The molecule has 1 amide bonds. The van der Waals surface area contributed by atoms with Crippen LogP contribution in [0, 0.1) is 18.8 Å². The summed E-state index contributed by atoms with van der Waals surface area (Å²) in [7, 11) is -3.54. The van der Waals surface area contributed by atoms with Crippen LogP contribution in [0.3, 0.4) is 0 Å². The summed E-state index contributed by atoms with van der Waals surface area (Å²) in [5, 5.41) is 5.80. The van der Waals surface area contributed by atoms with E-state index in [-0.39, 0.29) is 17.9 Å². The Morgan fingerprint density at radius 2 is 1.86 bits per heavy atom. The highest BCUT2D eigenvalue weighted by Crippen LogP contribution is 2.37. The summed E-state index contributed by atoms with van der Waals surface area (Å²) in [5.41, 5.74) is 3.35. The van der Waals surface area contributed by atoms with E-state index < -0.39 is 13.6 Å². The van der Waals surface area contributed by atoms with E-state index in [1.54, 1.807) is 0 Å². The number of amides is 1. The Kier molecular flexibility index (Phi) is 8.33. The molecule has 3 N–H and O–H groups in total. The van der Waals surface area contributed by atoms with Gasteiger partial charge in [-0.2, -0.15) is 0 Å². The van der Waals surface area contributed by atoms with Crippen LogP contribution in [0.5, 0.6) is 5.75 Å². The molecule has 29 heavy (non-hydrogen) atoms. The minimum Gasteiger partial charge on any atom is -0.493 e. The SMILES string of the molecule is Cc1cc2c(c([C@H](CC(C)C)NC(=O)[C@H](CC(C)C)NP(C)(=O)O)c1)OCCC2. The van der Waals surface area contributed by atoms with Gasteiger partial charge in [-0.05, 0) is 50.0 Å². The highest BCUT2D eigenvalue weighted by molar-refractivity contribution is 7.55. The Morgan fingerprint density at radius 3 is 2.45 bits per heavy atom. The third-order valence-corrected chi connectivity index (χ3v) is 5.78.